The molecule has 119 heavy (non-hydrogen) atoms. The average molecular weight is 1760 g/mol. The van der Waals surface area contributed by atoms with Crippen LogP contribution in [0.25, 0.3) is 21.5 Å². The summed E-state index contributed by atoms with van der Waals surface area (Å²) in [6, 6.07) is 10.2. The van der Waals surface area contributed by atoms with Crippen LogP contribution < -0.4 is 43.4 Å². The Morgan fingerprint density at radius 2 is 1.32 bits per heavy atom. The van der Waals surface area contributed by atoms with Gasteiger partial charge in [0.1, 0.15) is 41.6 Å². The third-order valence-electron chi connectivity index (χ3n) is 21.9. The summed E-state index contributed by atoms with van der Waals surface area (Å²) in [6.45, 7) is 9.96. The van der Waals surface area contributed by atoms with Crippen LogP contribution in [0.15, 0.2) is 110 Å². The predicted molar refractivity (Wildman–Crippen MR) is 444 cm³/mol. The molecule has 5 atom stereocenters. The van der Waals surface area contributed by atoms with Crippen molar-refractivity contribution in [3.8, 4) is 0 Å². The summed E-state index contributed by atoms with van der Waals surface area (Å²) in [6.07, 6.45) is 14.7. The van der Waals surface area contributed by atoms with Crippen LogP contribution in [0.3, 0.4) is 0 Å². The molecule has 0 aromatic heterocycles. The minimum atomic E-state index is -4.76. The largest absolute Gasteiger partial charge is 0.480 e. The lowest BCUT2D eigenvalue weighted by atomic mass is 9.79. The highest BCUT2D eigenvalue weighted by atomic mass is 32.2. The van der Waals surface area contributed by atoms with E-state index in [1.807, 2.05) is 56.4 Å². The maximum absolute atomic E-state index is 14.6. The van der Waals surface area contributed by atoms with Gasteiger partial charge in [-0.3, -0.25) is 43.1 Å². The molecule has 0 saturated carbocycles. The lowest BCUT2D eigenvalue weighted by molar-refractivity contribution is -0.438. The van der Waals surface area contributed by atoms with Crippen LogP contribution in [0.5, 0.6) is 0 Å². The Labute approximate surface area is 703 Å². The van der Waals surface area contributed by atoms with Gasteiger partial charge in [0.15, 0.2) is 11.7 Å². The first kappa shape index (κ1) is 94.4. The molecule has 9 rings (SSSR count). The number of aliphatic carboxylic acids is 1. The average Bonchev–Trinajstić information content (AvgIpc) is 1.63. The SMILES string of the molecule is CN(CCCC(=O)NCCCC[C@H](NC(=O)CCCNC(=O)[C@@H]1CCCN1C(=O)[C@@H]1CCCN1C(=O)[C@H](CCCN=C(N)N)NC(=O)C1CCCN1C(=O)CN)C(=O)O)S(=O)(=O)c1cccc2c3c(ccc12)N(CCCSOOO)/C(=C/C=C/C=C/C1=[N+](CCCSOOO)c2ccc4c(S(=O)(=O)O)cc(SOOO)cc4c2C1(C)C)C3(C)C. The zero-order valence-electron chi connectivity index (χ0n) is 67.0. The lowest BCUT2D eigenvalue weighted by Crippen LogP contribution is -2.58. The summed E-state index contributed by atoms with van der Waals surface area (Å²) in [5, 5.41) is 60.9. The fraction of sp³-hybridized carbons (Fsp3) is 0.532. The number of allylic oxidation sites excluding steroid dienone is 6. The number of aliphatic imine (C=N–C) groups is 1. The van der Waals surface area contributed by atoms with E-state index in [0.29, 0.717) is 130 Å². The standard InChI is InChI=1S/C77H106N14O23S5/c1-76(2)63(27-7-6-8-28-64-77(3,4)69-53-46-49(117-114-111-103)47-62(119(106,107)108)51(53)32-34-57(69)88(64)43-19-45-116-113-110-102)87(42-18-44-115-112-109-101)56-33-31-50-52(68(56)76)20-11-26-61(50)118(104,105)86(5)38-17-30-65(92)81-35-10-9-21-55(74(99)100)84-66(93)29-13-36-82-70(95)58-23-15-40-90(58)73(98)60-25-16-41-91(60)72(97)54(22-12-37-83-75(79)80)85-71(96)59-24-14-39-89(59)67(94)48-78/h6-8,11,20,26-28,31-34,46-47,54-55,58-60H,9-10,12-19,21-25,29-30,35-45,48,78H2,1-5H3,(H12-,79,80,81,82,83,84,85,92,93,95,96,99,100,101,102,103,106,107,108)/p+1/t54-,55-,58-,59?,60-/m0/s1. The predicted octanol–water partition coefficient (Wildman–Crippen LogP) is 6.38. The first-order chi connectivity index (χ1) is 56.8. The number of carboxylic acid groups (broad SMARTS) is 1. The molecule has 42 heteroatoms. The van der Waals surface area contributed by atoms with E-state index in [-0.39, 0.29) is 122 Å². The highest BCUT2D eigenvalue weighted by Crippen LogP contribution is 2.52. The number of carbonyl (C=O) groups is 8. The number of nitrogens with one attached hydrogen (secondary N) is 4. The van der Waals surface area contributed by atoms with E-state index in [1.165, 1.54) is 32.1 Å². The highest BCUT2D eigenvalue weighted by Gasteiger charge is 2.48. The third-order valence-corrected chi connectivity index (χ3v) is 26.5. The van der Waals surface area contributed by atoms with Crippen LogP contribution in [0.2, 0.25) is 0 Å². The second kappa shape index (κ2) is 43.9. The van der Waals surface area contributed by atoms with Crippen molar-refractivity contribution in [2.24, 2.45) is 22.2 Å². The minimum absolute atomic E-state index is 0.00471. The van der Waals surface area contributed by atoms with Crippen molar-refractivity contribution < 1.29 is 113 Å². The van der Waals surface area contributed by atoms with Crippen molar-refractivity contribution in [2.75, 3.05) is 88.9 Å². The number of sulfonamides is 1. The number of rotatable bonds is 46. The van der Waals surface area contributed by atoms with Crippen LogP contribution in [0.1, 0.15) is 148 Å². The number of nitrogens with two attached hydrogens (primary N) is 3. The number of amides is 7. The number of benzene rings is 4. The number of nitrogens with zero attached hydrogens (tertiary/aromatic N) is 7. The minimum Gasteiger partial charge on any atom is -0.480 e. The van der Waals surface area contributed by atoms with Gasteiger partial charge in [0.2, 0.25) is 57.1 Å². The summed E-state index contributed by atoms with van der Waals surface area (Å²) in [5.41, 5.74) is 20.0. The highest BCUT2D eigenvalue weighted by molar-refractivity contribution is 7.95. The van der Waals surface area contributed by atoms with Gasteiger partial charge in [0.25, 0.3) is 10.1 Å². The molecule has 4 aromatic rings. The maximum atomic E-state index is 14.6. The molecule has 5 aliphatic heterocycles. The molecular weight excluding hydrogens is 1650 g/mol. The van der Waals surface area contributed by atoms with Gasteiger partial charge in [-0.15, -0.1) is 13.0 Å². The third kappa shape index (κ3) is 23.7. The first-order valence-electron chi connectivity index (χ1n) is 39.3. The van der Waals surface area contributed by atoms with Crippen LogP contribution >= 0.6 is 36.1 Å². The Hall–Kier alpha value is -8.41. The number of likely N-dealkylation sites (tertiary alicyclic amines) is 3. The second-order valence-electron chi connectivity index (χ2n) is 30.3. The molecule has 0 bridgehead atoms. The number of unbranched alkanes of at least 4 members (excludes halogenated alkanes) is 1. The monoisotopic (exact) mass is 1760 g/mol. The number of fused-ring (bicyclic) bond motifs is 6. The Kier molecular flexibility index (Phi) is 34.8. The number of carboxylic acids is 1. The van der Waals surface area contributed by atoms with Gasteiger partial charge in [-0.05, 0) is 156 Å². The van der Waals surface area contributed by atoms with Gasteiger partial charge in [-0.2, -0.15) is 13.0 Å². The van der Waals surface area contributed by atoms with Crippen molar-refractivity contribution in [1.82, 2.24) is 40.3 Å². The molecule has 3 fully saturated rings. The van der Waals surface area contributed by atoms with Crippen molar-refractivity contribution in [3.63, 3.8) is 0 Å². The molecule has 5 aliphatic rings. The quantitative estimate of drug-likeness (QED) is 0.00263. The first-order valence-corrected chi connectivity index (χ1v) is 44.7. The topological polar surface area (TPSA) is 519 Å². The van der Waals surface area contributed by atoms with Crippen molar-refractivity contribution in [1.29, 1.82) is 0 Å². The molecule has 0 aliphatic carbocycles. The normalized spacial score (nSPS) is 18.6. The Morgan fingerprint density at radius 1 is 0.672 bits per heavy atom. The molecule has 1 unspecified atom stereocenters. The van der Waals surface area contributed by atoms with E-state index in [4.69, 9.17) is 33.0 Å². The number of hydrogen-bond donors (Lipinski definition) is 12. The second-order valence-corrected chi connectivity index (χ2v) is 36.1. The van der Waals surface area contributed by atoms with E-state index < -0.39 is 96.7 Å². The summed E-state index contributed by atoms with van der Waals surface area (Å²) in [7, 11) is -7.47. The molecule has 3 saturated heterocycles. The molecule has 652 valence electrons. The Bertz CT molecular complexity index is 4740. The zero-order valence-corrected chi connectivity index (χ0v) is 71.0. The molecule has 4 aromatic carbocycles. The molecule has 5 heterocycles. The van der Waals surface area contributed by atoms with E-state index in [9.17, 15) is 64.9 Å². The zero-order chi connectivity index (χ0) is 86.4. The molecule has 15 N–H and O–H groups in total. The number of guanidine groups is 1. The molecule has 0 radical (unpaired) electrons. The van der Waals surface area contributed by atoms with Gasteiger partial charge in [-0.25, -0.2) is 33.3 Å². The molecular formula is C77H107N14O23S5+. The number of hydrogen-bond acceptors (Lipinski definition) is 27. The fourth-order valence-corrected chi connectivity index (χ4v) is 19.8. The van der Waals surface area contributed by atoms with Crippen molar-refractivity contribution in [2.45, 2.75) is 193 Å². The number of anilines is 1. The summed E-state index contributed by atoms with van der Waals surface area (Å²) < 4.78 is 82.5. The summed E-state index contributed by atoms with van der Waals surface area (Å²) in [4.78, 5) is 117. The Morgan fingerprint density at radius 3 is 2.01 bits per heavy atom. The van der Waals surface area contributed by atoms with Gasteiger partial charge in [0, 0.05) is 164 Å². The van der Waals surface area contributed by atoms with Gasteiger partial charge < -0.3 is 63.2 Å². The number of carbonyl (C=O) groups excluding carboxylic acids is 7. The van der Waals surface area contributed by atoms with E-state index in [1.54, 1.807) is 36.4 Å². The van der Waals surface area contributed by atoms with Crippen molar-refractivity contribution >= 4 is 148 Å². The van der Waals surface area contributed by atoms with E-state index in [2.05, 4.69) is 77.7 Å². The fourth-order valence-electron chi connectivity index (χ4n) is 16.4. The van der Waals surface area contributed by atoms with Gasteiger partial charge in [0.05, 0.1) is 28.9 Å². The van der Waals surface area contributed by atoms with Crippen LogP contribution in [-0.2, 0) is 97.4 Å². The molecule has 0 spiro atoms. The van der Waals surface area contributed by atoms with Gasteiger partial charge in [-0.1, -0.05) is 65.4 Å². The molecule has 37 nitrogen and oxygen atoms in total. The van der Waals surface area contributed by atoms with Gasteiger partial charge >= 0.3 is 5.97 Å². The van der Waals surface area contributed by atoms with E-state index in [0.717, 1.165) is 58.0 Å². The Balaban J connectivity index is 0.754. The smallest absolute Gasteiger partial charge is 0.326 e. The van der Waals surface area contributed by atoms with Crippen LogP contribution in [0, 0.1) is 0 Å². The van der Waals surface area contributed by atoms with Crippen LogP contribution in [0.4, 0.5) is 11.4 Å². The van der Waals surface area contributed by atoms with Crippen LogP contribution in [-0.4, -0.2) is 239 Å². The maximum Gasteiger partial charge on any atom is 0.326 e. The summed E-state index contributed by atoms with van der Waals surface area (Å²) in [5.74, 6) is -3.70. The molecule has 7 amide bonds. The lowest BCUT2D eigenvalue weighted by Gasteiger charge is -2.33. The van der Waals surface area contributed by atoms with E-state index >= 15 is 0 Å². The van der Waals surface area contributed by atoms with Crippen molar-refractivity contribution in [3.05, 3.63) is 102 Å². The summed E-state index contributed by atoms with van der Waals surface area (Å²) >= 11 is 2.37.